The number of rotatable bonds is 2. The molecule has 1 aromatic carbocycles. The summed E-state index contributed by atoms with van der Waals surface area (Å²) >= 11 is 3.41. The van der Waals surface area contributed by atoms with Crippen molar-refractivity contribution in [2.45, 2.75) is 45.1 Å². The highest BCUT2D eigenvalue weighted by molar-refractivity contribution is 9.10. The first-order valence-corrected chi connectivity index (χ1v) is 6.75. The Bertz CT molecular complexity index is 430. The standard InChI is InChI=1S/C14H18BrFO/c1-13(2)5-6-14(17,9-13)8-10-7-11(16)3-4-12(10)15/h3-4,7,17H,5-6,8-9H2,1-2H3. The van der Waals surface area contributed by atoms with E-state index in [1.807, 2.05) is 0 Å². The van der Waals surface area contributed by atoms with Gasteiger partial charge in [-0.2, -0.15) is 0 Å². The zero-order chi connectivity index (χ0) is 12.7. The third-order valence-corrected chi connectivity index (χ3v) is 4.38. The minimum absolute atomic E-state index is 0.189. The fraction of sp³-hybridized carbons (Fsp3) is 0.571. The minimum Gasteiger partial charge on any atom is -0.390 e. The van der Waals surface area contributed by atoms with Crippen molar-refractivity contribution in [2.75, 3.05) is 0 Å². The van der Waals surface area contributed by atoms with Crippen LogP contribution in [0.2, 0.25) is 0 Å². The Labute approximate surface area is 110 Å². The molecule has 1 unspecified atom stereocenters. The summed E-state index contributed by atoms with van der Waals surface area (Å²) in [5.41, 5.74) is 0.360. The summed E-state index contributed by atoms with van der Waals surface area (Å²) in [6.07, 6.45) is 3.12. The van der Waals surface area contributed by atoms with Gasteiger partial charge in [0.05, 0.1) is 5.60 Å². The summed E-state index contributed by atoms with van der Waals surface area (Å²) in [5, 5.41) is 10.6. The molecule has 0 aliphatic heterocycles. The first-order chi connectivity index (χ1) is 7.80. The Hall–Kier alpha value is -0.410. The van der Waals surface area contributed by atoms with Crippen molar-refractivity contribution in [3.05, 3.63) is 34.1 Å². The maximum absolute atomic E-state index is 13.2. The zero-order valence-electron chi connectivity index (χ0n) is 10.3. The summed E-state index contributed by atoms with van der Waals surface area (Å²) in [5.74, 6) is -0.246. The molecule has 2 rings (SSSR count). The fourth-order valence-electron chi connectivity index (χ4n) is 2.82. The van der Waals surface area contributed by atoms with Crippen LogP contribution in [0.3, 0.4) is 0 Å². The molecule has 0 bridgehead atoms. The smallest absolute Gasteiger partial charge is 0.123 e. The molecule has 1 nitrogen and oxygen atoms in total. The SMILES string of the molecule is CC1(C)CCC(O)(Cc2cc(F)ccc2Br)C1. The number of hydrogen-bond acceptors (Lipinski definition) is 1. The van der Waals surface area contributed by atoms with Crippen LogP contribution in [-0.2, 0) is 6.42 Å². The largest absolute Gasteiger partial charge is 0.390 e. The predicted octanol–water partition coefficient (Wildman–Crippen LogP) is 4.07. The van der Waals surface area contributed by atoms with Crippen molar-refractivity contribution in [3.8, 4) is 0 Å². The van der Waals surface area contributed by atoms with Crippen molar-refractivity contribution in [1.82, 2.24) is 0 Å². The Kier molecular flexibility index (Phi) is 3.34. The second kappa shape index (κ2) is 4.36. The highest BCUT2D eigenvalue weighted by Gasteiger charge is 2.41. The fourth-order valence-corrected chi connectivity index (χ4v) is 3.21. The van der Waals surface area contributed by atoms with Gasteiger partial charge < -0.3 is 5.11 Å². The second-order valence-electron chi connectivity index (χ2n) is 5.98. The Balaban J connectivity index is 2.18. The van der Waals surface area contributed by atoms with Crippen LogP contribution in [-0.4, -0.2) is 10.7 Å². The molecular formula is C14H18BrFO. The third-order valence-electron chi connectivity index (χ3n) is 3.60. The van der Waals surface area contributed by atoms with Gasteiger partial charge in [-0.05, 0) is 48.4 Å². The minimum atomic E-state index is -0.681. The van der Waals surface area contributed by atoms with Crippen molar-refractivity contribution < 1.29 is 9.50 Å². The average Bonchev–Trinajstić information content (AvgIpc) is 2.47. The lowest BCUT2D eigenvalue weighted by Gasteiger charge is -2.25. The molecule has 0 amide bonds. The molecule has 1 saturated carbocycles. The molecule has 0 radical (unpaired) electrons. The molecule has 3 heteroatoms. The van der Waals surface area contributed by atoms with Gasteiger partial charge in [0.15, 0.2) is 0 Å². The van der Waals surface area contributed by atoms with Gasteiger partial charge >= 0.3 is 0 Å². The topological polar surface area (TPSA) is 20.2 Å². The van der Waals surface area contributed by atoms with Crippen LogP contribution in [0.1, 0.15) is 38.7 Å². The highest BCUT2D eigenvalue weighted by atomic mass is 79.9. The maximum Gasteiger partial charge on any atom is 0.123 e. The Morgan fingerprint density at radius 1 is 1.35 bits per heavy atom. The summed E-state index contributed by atoms with van der Waals surface area (Å²) in [6, 6.07) is 4.64. The number of benzene rings is 1. The van der Waals surface area contributed by atoms with E-state index in [1.165, 1.54) is 12.1 Å². The molecule has 1 aliphatic rings. The molecule has 1 fully saturated rings. The monoisotopic (exact) mass is 300 g/mol. The maximum atomic E-state index is 13.2. The van der Waals surface area contributed by atoms with Gasteiger partial charge in [0.25, 0.3) is 0 Å². The van der Waals surface area contributed by atoms with E-state index < -0.39 is 5.60 Å². The summed E-state index contributed by atoms with van der Waals surface area (Å²) in [4.78, 5) is 0. The van der Waals surface area contributed by atoms with E-state index in [1.54, 1.807) is 6.07 Å². The van der Waals surface area contributed by atoms with Crippen LogP contribution < -0.4 is 0 Å². The molecule has 94 valence electrons. The van der Waals surface area contributed by atoms with Crippen LogP contribution in [0.15, 0.2) is 22.7 Å². The van der Waals surface area contributed by atoms with Crippen LogP contribution >= 0.6 is 15.9 Å². The zero-order valence-corrected chi connectivity index (χ0v) is 11.8. The highest BCUT2D eigenvalue weighted by Crippen LogP contribution is 2.45. The first kappa shape index (κ1) is 13.0. The molecule has 1 aromatic rings. The quantitative estimate of drug-likeness (QED) is 0.873. The number of hydrogen-bond donors (Lipinski definition) is 1. The van der Waals surface area contributed by atoms with Crippen LogP contribution in [0, 0.1) is 11.2 Å². The third kappa shape index (κ3) is 3.08. The molecule has 1 aliphatic carbocycles. The van der Waals surface area contributed by atoms with Gasteiger partial charge in [0, 0.05) is 10.9 Å². The molecule has 17 heavy (non-hydrogen) atoms. The van der Waals surface area contributed by atoms with E-state index in [9.17, 15) is 9.50 Å². The van der Waals surface area contributed by atoms with Crippen LogP contribution in [0.5, 0.6) is 0 Å². The summed E-state index contributed by atoms with van der Waals surface area (Å²) in [6.45, 7) is 4.34. The van der Waals surface area contributed by atoms with E-state index >= 15 is 0 Å². The second-order valence-corrected chi connectivity index (χ2v) is 6.83. The molecule has 0 spiro atoms. The van der Waals surface area contributed by atoms with Gasteiger partial charge in [-0.25, -0.2) is 4.39 Å². The van der Waals surface area contributed by atoms with E-state index in [-0.39, 0.29) is 11.2 Å². The first-order valence-electron chi connectivity index (χ1n) is 5.96. The van der Waals surface area contributed by atoms with Crippen molar-refractivity contribution >= 4 is 15.9 Å². The normalized spacial score (nSPS) is 27.4. The molecule has 1 atom stereocenters. The van der Waals surface area contributed by atoms with Gasteiger partial charge in [-0.15, -0.1) is 0 Å². The van der Waals surface area contributed by atoms with Gasteiger partial charge in [-0.3, -0.25) is 0 Å². The van der Waals surface area contributed by atoms with Crippen molar-refractivity contribution in [1.29, 1.82) is 0 Å². The lowest BCUT2D eigenvalue weighted by atomic mass is 9.86. The van der Waals surface area contributed by atoms with Gasteiger partial charge in [0.2, 0.25) is 0 Å². The van der Waals surface area contributed by atoms with Crippen LogP contribution in [0.25, 0.3) is 0 Å². The van der Waals surface area contributed by atoms with Crippen LogP contribution in [0.4, 0.5) is 4.39 Å². The summed E-state index contributed by atoms with van der Waals surface area (Å²) in [7, 11) is 0. The van der Waals surface area contributed by atoms with E-state index in [2.05, 4.69) is 29.8 Å². The van der Waals surface area contributed by atoms with Crippen molar-refractivity contribution in [3.63, 3.8) is 0 Å². The molecule has 0 heterocycles. The van der Waals surface area contributed by atoms with E-state index in [4.69, 9.17) is 0 Å². The number of halogens is 2. The van der Waals surface area contributed by atoms with Gasteiger partial charge in [0.1, 0.15) is 5.82 Å². The predicted molar refractivity (Wildman–Crippen MR) is 70.4 cm³/mol. The lowest BCUT2D eigenvalue weighted by Crippen LogP contribution is -2.29. The van der Waals surface area contributed by atoms with E-state index in [0.717, 1.165) is 29.3 Å². The number of aliphatic hydroxyl groups is 1. The Morgan fingerprint density at radius 3 is 2.65 bits per heavy atom. The Morgan fingerprint density at radius 2 is 2.06 bits per heavy atom. The lowest BCUT2D eigenvalue weighted by molar-refractivity contribution is 0.0377. The molecule has 0 aromatic heterocycles. The average molecular weight is 301 g/mol. The molecule has 1 N–H and O–H groups in total. The van der Waals surface area contributed by atoms with E-state index in [0.29, 0.717) is 6.42 Å². The van der Waals surface area contributed by atoms with Crippen molar-refractivity contribution in [2.24, 2.45) is 5.41 Å². The molecule has 0 saturated heterocycles. The van der Waals surface area contributed by atoms with Gasteiger partial charge in [-0.1, -0.05) is 29.8 Å². The molecular weight excluding hydrogens is 283 g/mol. The summed E-state index contributed by atoms with van der Waals surface area (Å²) < 4.78 is 14.1.